The van der Waals surface area contributed by atoms with Crippen molar-refractivity contribution in [2.24, 2.45) is 5.41 Å². The molecule has 2 N–H and O–H groups in total. The molecule has 1 aromatic carbocycles. The topological polar surface area (TPSA) is 67.2 Å². The summed E-state index contributed by atoms with van der Waals surface area (Å²) in [5, 5.41) is 12.3. The Morgan fingerprint density at radius 2 is 2.14 bits per heavy atom. The van der Waals surface area contributed by atoms with E-state index in [0.29, 0.717) is 19.0 Å². The summed E-state index contributed by atoms with van der Waals surface area (Å²) < 4.78 is 2.06. The van der Waals surface area contributed by atoms with Gasteiger partial charge in [-0.15, -0.1) is 0 Å². The number of amides is 1. The molecule has 0 saturated heterocycles. The lowest BCUT2D eigenvalue weighted by Gasteiger charge is -2.14. The number of hydrogen-bond acceptors (Lipinski definition) is 3. The highest BCUT2D eigenvalue weighted by Gasteiger charge is 2.42. The molecule has 0 atom stereocenters. The molecule has 2 fully saturated rings. The largest absolute Gasteiger partial charge is 0.396 e. The second kappa shape index (κ2) is 5.09. The fraction of sp³-hybridized carbons (Fsp3) is 0.529. The number of nitrogens with one attached hydrogen (secondary N) is 1. The van der Waals surface area contributed by atoms with E-state index in [1.165, 1.54) is 12.8 Å². The first-order valence-corrected chi connectivity index (χ1v) is 8.03. The standard InChI is InChI=1S/C17H21N3O2/c21-11-17(7-8-17)10-18-15(22)9-20-14-4-2-1-3-13(14)19-16(20)12-5-6-12/h1-4,12,21H,5-11H2,(H,18,22). The van der Waals surface area contributed by atoms with Gasteiger partial charge in [-0.2, -0.15) is 0 Å². The summed E-state index contributed by atoms with van der Waals surface area (Å²) in [5.74, 6) is 1.55. The van der Waals surface area contributed by atoms with E-state index in [2.05, 4.69) is 9.88 Å². The number of rotatable bonds is 6. The summed E-state index contributed by atoms with van der Waals surface area (Å²) in [4.78, 5) is 17.0. The zero-order chi connectivity index (χ0) is 15.2. The molecule has 2 saturated carbocycles. The minimum atomic E-state index is -0.0496. The van der Waals surface area contributed by atoms with Gasteiger partial charge in [0.25, 0.3) is 0 Å². The number of carbonyl (C=O) groups is 1. The van der Waals surface area contributed by atoms with Crippen LogP contribution in [0.15, 0.2) is 24.3 Å². The molecule has 22 heavy (non-hydrogen) atoms. The molecule has 0 spiro atoms. The molecule has 2 aliphatic rings. The number of imidazole rings is 1. The average Bonchev–Trinajstić information content (AvgIpc) is 3.45. The molecule has 0 radical (unpaired) electrons. The molecule has 5 heteroatoms. The van der Waals surface area contributed by atoms with Gasteiger partial charge in [-0.25, -0.2) is 4.98 Å². The minimum Gasteiger partial charge on any atom is -0.396 e. The highest BCUT2D eigenvalue weighted by Crippen LogP contribution is 2.44. The number of benzene rings is 1. The summed E-state index contributed by atoms with van der Waals surface area (Å²) in [6, 6.07) is 7.99. The van der Waals surface area contributed by atoms with Crippen LogP contribution in [0, 0.1) is 5.41 Å². The van der Waals surface area contributed by atoms with Crippen LogP contribution in [-0.2, 0) is 11.3 Å². The molecule has 2 aliphatic carbocycles. The van der Waals surface area contributed by atoms with Gasteiger partial charge < -0.3 is 15.0 Å². The molecule has 1 amide bonds. The fourth-order valence-corrected chi connectivity index (χ4v) is 2.97. The Labute approximate surface area is 129 Å². The summed E-state index contributed by atoms with van der Waals surface area (Å²) >= 11 is 0. The molecule has 1 aromatic heterocycles. The van der Waals surface area contributed by atoms with Crippen LogP contribution >= 0.6 is 0 Å². The van der Waals surface area contributed by atoms with Crippen LogP contribution in [0.25, 0.3) is 11.0 Å². The molecule has 5 nitrogen and oxygen atoms in total. The van der Waals surface area contributed by atoms with E-state index in [4.69, 9.17) is 4.98 Å². The van der Waals surface area contributed by atoms with E-state index in [1.54, 1.807) is 0 Å². The number of aliphatic hydroxyl groups is 1. The van der Waals surface area contributed by atoms with Crippen LogP contribution in [-0.4, -0.2) is 33.7 Å². The number of nitrogens with zero attached hydrogens (tertiary/aromatic N) is 2. The predicted octanol–water partition coefficient (Wildman–Crippen LogP) is 1.80. The monoisotopic (exact) mass is 299 g/mol. The molecule has 1 heterocycles. The van der Waals surface area contributed by atoms with Crippen LogP contribution in [0.4, 0.5) is 0 Å². The van der Waals surface area contributed by atoms with Gasteiger partial charge in [0.15, 0.2) is 0 Å². The fourth-order valence-electron chi connectivity index (χ4n) is 2.97. The van der Waals surface area contributed by atoms with Crippen molar-refractivity contribution in [2.45, 2.75) is 38.1 Å². The van der Waals surface area contributed by atoms with Crippen LogP contribution in [0.5, 0.6) is 0 Å². The van der Waals surface area contributed by atoms with Gasteiger partial charge in [0.1, 0.15) is 12.4 Å². The molecule has 0 bridgehead atoms. The Bertz CT molecular complexity index is 714. The Kier molecular flexibility index (Phi) is 3.18. The van der Waals surface area contributed by atoms with Crippen molar-refractivity contribution in [3.8, 4) is 0 Å². The Hall–Kier alpha value is -1.88. The first-order chi connectivity index (χ1) is 10.7. The van der Waals surface area contributed by atoms with Gasteiger partial charge in [-0.05, 0) is 37.8 Å². The van der Waals surface area contributed by atoms with Gasteiger partial charge in [-0.1, -0.05) is 12.1 Å². The van der Waals surface area contributed by atoms with Gasteiger partial charge >= 0.3 is 0 Å². The second-order valence-corrected chi connectivity index (χ2v) is 6.75. The van der Waals surface area contributed by atoms with Gasteiger partial charge in [0.05, 0.1) is 17.6 Å². The maximum Gasteiger partial charge on any atom is 0.240 e. The second-order valence-electron chi connectivity index (χ2n) is 6.75. The van der Waals surface area contributed by atoms with Crippen LogP contribution in [0.1, 0.15) is 37.4 Å². The first kappa shape index (κ1) is 13.8. The summed E-state index contributed by atoms with van der Waals surface area (Å²) in [6.07, 6.45) is 4.34. The Morgan fingerprint density at radius 3 is 2.82 bits per heavy atom. The SMILES string of the molecule is O=C(Cn1c(C2CC2)nc2ccccc21)NCC1(CO)CC1. The highest BCUT2D eigenvalue weighted by atomic mass is 16.3. The molecular formula is C17H21N3O2. The van der Waals surface area contributed by atoms with E-state index in [-0.39, 0.29) is 17.9 Å². The molecule has 0 aliphatic heterocycles. The van der Waals surface area contributed by atoms with Crippen LogP contribution < -0.4 is 5.32 Å². The highest BCUT2D eigenvalue weighted by molar-refractivity contribution is 5.81. The third kappa shape index (κ3) is 2.50. The summed E-state index contributed by atoms with van der Waals surface area (Å²) in [7, 11) is 0. The lowest BCUT2D eigenvalue weighted by molar-refractivity contribution is -0.122. The number of para-hydroxylation sites is 2. The van der Waals surface area contributed by atoms with Crippen molar-refractivity contribution < 1.29 is 9.90 Å². The number of hydrogen-bond donors (Lipinski definition) is 2. The molecular weight excluding hydrogens is 278 g/mol. The quantitative estimate of drug-likeness (QED) is 0.855. The molecule has 2 aromatic rings. The Balaban J connectivity index is 1.52. The average molecular weight is 299 g/mol. The Morgan fingerprint density at radius 1 is 1.36 bits per heavy atom. The van der Waals surface area contributed by atoms with Crippen molar-refractivity contribution in [3.05, 3.63) is 30.1 Å². The smallest absolute Gasteiger partial charge is 0.240 e. The predicted molar refractivity (Wildman–Crippen MR) is 83.5 cm³/mol. The number of aromatic nitrogens is 2. The molecule has 116 valence electrons. The van der Waals surface area contributed by atoms with E-state index in [9.17, 15) is 9.90 Å². The van der Waals surface area contributed by atoms with Crippen molar-refractivity contribution in [3.63, 3.8) is 0 Å². The zero-order valence-electron chi connectivity index (χ0n) is 12.6. The minimum absolute atomic E-state index is 0.00442. The van der Waals surface area contributed by atoms with E-state index in [0.717, 1.165) is 29.7 Å². The van der Waals surface area contributed by atoms with Gasteiger partial charge in [0, 0.05) is 17.9 Å². The first-order valence-electron chi connectivity index (χ1n) is 8.03. The van der Waals surface area contributed by atoms with E-state index < -0.39 is 0 Å². The third-order valence-electron chi connectivity index (χ3n) is 4.88. The van der Waals surface area contributed by atoms with Crippen LogP contribution in [0.3, 0.4) is 0 Å². The maximum atomic E-state index is 12.3. The van der Waals surface area contributed by atoms with Crippen molar-refractivity contribution >= 4 is 16.9 Å². The zero-order valence-corrected chi connectivity index (χ0v) is 12.6. The lowest BCUT2D eigenvalue weighted by atomic mass is 10.1. The molecule has 4 rings (SSSR count). The molecule has 0 unspecified atom stereocenters. The van der Waals surface area contributed by atoms with Crippen LogP contribution in [0.2, 0.25) is 0 Å². The van der Waals surface area contributed by atoms with Crippen molar-refractivity contribution in [2.75, 3.05) is 13.2 Å². The van der Waals surface area contributed by atoms with Crippen molar-refractivity contribution in [1.29, 1.82) is 0 Å². The normalized spacial score (nSPS) is 19.3. The number of aliphatic hydroxyl groups excluding tert-OH is 1. The summed E-state index contributed by atoms with van der Waals surface area (Å²) in [6.45, 7) is 1.05. The van der Waals surface area contributed by atoms with Gasteiger partial charge in [0.2, 0.25) is 5.91 Å². The third-order valence-corrected chi connectivity index (χ3v) is 4.88. The van der Waals surface area contributed by atoms with E-state index >= 15 is 0 Å². The lowest BCUT2D eigenvalue weighted by Crippen LogP contribution is -2.34. The summed E-state index contributed by atoms with van der Waals surface area (Å²) in [5.41, 5.74) is 1.94. The van der Waals surface area contributed by atoms with E-state index in [1.807, 2.05) is 24.3 Å². The number of carbonyl (C=O) groups excluding carboxylic acids is 1. The van der Waals surface area contributed by atoms with Crippen molar-refractivity contribution in [1.82, 2.24) is 14.9 Å². The van der Waals surface area contributed by atoms with Gasteiger partial charge in [-0.3, -0.25) is 4.79 Å². The maximum absolute atomic E-state index is 12.3. The number of fused-ring (bicyclic) bond motifs is 1.